The highest BCUT2D eigenvalue weighted by Crippen LogP contribution is 2.34. The predicted molar refractivity (Wildman–Crippen MR) is 118 cm³/mol. The molecule has 0 amide bonds. The monoisotopic (exact) mass is 418 g/mol. The molecule has 31 heavy (non-hydrogen) atoms. The van der Waals surface area contributed by atoms with Crippen molar-refractivity contribution in [2.75, 3.05) is 11.9 Å². The smallest absolute Gasteiger partial charge is 0.325 e. The lowest BCUT2D eigenvalue weighted by Gasteiger charge is -2.26. The van der Waals surface area contributed by atoms with E-state index in [1.165, 1.54) is 6.07 Å². The number of halogens is 1. The Labute approximate surface area is 179 Å². The molecule has 0 radical (unpaired) electrons. The molecule has 1 aliphatic rings. The van der Waals surface area contributed by atoms with E-state index in [-0.39, 0.29) is 24.4 Å². The third kappa shape index (κ3) is 3.60. The predicted octanol–water partition coefficient (Wildman–Crippen LogP) is 4.26. The molecule has 6 nitrogen and oxygen atoms in total. The maximum Gasteiger partial charge on any atom is 0.325 e. The number of nitrogens with one attached hydrogen (secondary N) is 1. The third-order valence-corrected chi connectivity index (χ3v) is 5.91. The lowest BCUT2D eigenvalue weighted by atomic mass is 9.91. The summed E-state index contributed by atoms with van der Waals surface area (Å²) in [6.45, 7) is 2.28. The molecule has 2 aromatic heterocycles. The quantitative estimate of drug-likeness (QED) is 0.491. The van der Waals surface area contributed by atoms with Crippen LogP contribution in [0.1, 0.15) is 24.6 Å². The summed E-state index contributed by atoms with van der Waals surface area (Å²) in [5.74, 6) is 0.250. The first-order valence-electron chi connectivity index (χ1n) is 10.6. The van der Waals surface area contributed by atoms with Crippen LogP contribution in [-0.4, -0.2) is 33.2 Å². The summed E-state index contributed by atoms with van der Waals surface area (Å²) in [4.78, 5) is 21.0. The second kappa shape index (κ2) is 7.98. The molecule has 4 aromatic rings. The van der Waals surface area contributed by atoms with Crippen molar-refractivity contribution in [2.24, 2.45) is 0 Å². The van der Waals surface area contributed by atoms with E-state index in [9.17, 15) is 9.18 Å². The summed E-state index contributed by atoms with van der Waals surface area (Å²) < 4.78 is 21.2. The van der Waals surface area contributed by atoms with Crippen LogP contribution >= 0.6 is 0 Å². The molecule has 158 valence electrons. The molecule has 0 fully saturated rings. The van der Waals surface area contributed by atoms with Gasteiger partial charge in [-0.15, -0.1) is 0 Å². The molecule has 0 bridgehead atoms. The summed E-state index contributed by atoms with van der Waals surface area (Å²) in [7, 11) is 0. The molecular formula is C24H23FN4O2. The number of rotatable bonds is 5. The van der Waals surface area contributed by atoms with Gasteiger partial charge in [-0.1, -0.05) is 12.1 Å². The molecule has 0 aliphatic heterocycles. The minimum atomic E-state index is -0.278. The van der Waals surface area contributed by atoms with Crippen LogP contribution in [0.5, 0.6) is 0 Å². The lowest BCUT2D eigenvalue weighted by molar-refractivity contribution is -0.143. The topological polar surface area (TPSA) is 69.0 Å². The Bertz CT molecular complexity index is 1280. The minimum Gasteiger partial charge on any atom is -0.465 e. The number of para-hydroxylation sites is 1. The molecule has 1 aliphatic carbocycles. The van der Waals surface area contributed by atoms with Gasteiger partial charge in [0.2, 0.25) is 0 Å². The molecular weight excluding hydrogens is 395 g/mol. The molecule has 5 rings (SSSR count). The fourth-order valence-electron chi connectivity index (χ4n) is 4.57. The van der Waals surface area contributed by atoms with Crippen molar-refractivity contribution >= 4 is 33.6 Å². The van der Waals surface area contributed by atoms with Crippen LogP contribution in [0.25, 0.3) is 21.8 Å². The molecule has 1 atom stereocenters. The lowest BCUT2D eigenvalue weighted by Crippen LogP contribution is -2.29. The van der Waals surface area contributed by atoms with Crippen molar-refractivity contribution in [3.8, 4) is 0 Å². The number of carbonyl (C=O) groups excluding carboxylic acids is 1. The van der Waals surface area contributed by atoms with E-state index in [0.29, 0.717) is 6.61 Å². The van der Waals surface area contributed by atoms with Gasteiger partial charge in [0.15, 0.2) is 0 Å². The fourth-order valence-corrected chi connectivity index (χ4v) is 4.57. The van der Waals surface area contributed by atoms with Crippen molar-refractivity contribution in [3.05, 3.63) is 65.9 Å². The molecule has 0 saturated carbocycles. The summed E-state index contributed by atoms with van der Waals surface area (Å²) in [5.41, 5.74) is 3.93. The molecule has 0 spiro atoms. The van der Waals surface area contributed by atoms with Crippen molar-refractivity contribution < 1.29 is 13.9 Å². The second-order valence-corrected chi connectivity index (χ2v) is 7.80. The Kier molecular flexibility index (Phi) is 5.02. The van der Waals surface area contributed by atoms with Gasteiger partial charge in [0.25, 0.3) is 0 Å². The van der Waals surface area contributed by atoms with Crippen molar-refractivity contribution in [2.45, 2.75) is 38.8 Å². The van der Waals surface area contributed by atoms with Gasteiger partial charge in [-0.25, -0.2) is 14.4 Å². The second-order valence-electron chi connectivity index (χ2n) is 7.80. The van der Waals surface area contributed by atoms with E-state index < -0.39 is 0 Å². The SMILES string of the molecule is CCOC(=O)Cn1c2c(c3cc(F)ccc31)C[C@@H](Nc1ncnc3ccccc13)CC2. The van der Waals surface area contributed by atoms with E-state index in [1.807, 2.05) is 28.8 Å². The summed E-state index contributed by atoms with van der Waals surface area (Å²) >= 11 is 0. The Morgan fingerprint density at radius 1 is 1.23 bits per heavy atom. The van der Waals surface area contributed by atoms with E-state index in [2.05, 4.69) is 15.3 Å². The summed E-state index contributed by atoms with van der Waals surface area (Å²) in [6.07, 6.45) is 3.96. The first-order valence-corrected chi connectivity index (χ1v) is 10.6. The molecule has 1 N–H and O–H groups in total. The number of anilines is 1. The highest BCUT2D eigenvalue weighted by atomic mass is 19.1. The van der Waals surface area contributed by atoms with E-state index in [1.54, 1.807) is 25.4 Å². The van der Waals surface area contributed by atoms with Gasteiger partial charge < -0.3 is 14.6 Å². The van der Waals surface area contributed by atoms with Crippen LogP contribution in [0.2, 0.25) is 0 Å². The number of esters is 1. The number of carbonyl (C=O) groups is 1. The molecule has 7 heteroatoms. The average molecular weight is 418 g/mol. The standard InChI is InChI=1S/C24H23FN4O2/c1-2-31-23(30)13-29-21-9-7-15(25)11-18(21)19-12-16(8-10-22(19)29)28-24-17-5-3-4-6-20(17)26-14-27-24/h3-7,9,11,14,16H,2,8,10,12-13H2,1H3,(H,26,27,28)/t16-/m0/s1. The number of benzene rings is 2. The maximum atomic E-state index is 14.1. The van der Waals surface area contributed by atoms with Crippen molar-refractivity contribution in [3.63, 3.8) is 0 Å². The largest absolute Gasteiger partial charge is 0.465 e. The van der Waals surface area contributed by atoms with Crippen LogP contribution in [0.4, 0.5) is 10.2 Å². The number of hydrogen-bond acceptors (Lipinski definition) is 5. The number of ether oxygens (including phenoxy) is 1. The zero-order valence-electron chi connectivity index (χ0n) is 17.3. The highest BCUT2D eigenvalue weighted by molar-refractivity contribution is 5.89. The maximum absolute atomic E-state index is 14.1. The van der Waals surface area contributed by atoms with Gasteiger partial charge in [-0.2, -0.15) is 0 Å². The van der Waals surface area contributed by atoms with Gasteiger partial charge in [0.05, 0.1) is 12.1 Å². The van der Waals surface area contributed by atoms with Crippen LogP contribution in [0.15, 0.2) is 48.8 Å². The van der Waals surface area contributed by atoms with Crippen LogP contribution in [0, 0.1) is 5.82 Å². The van der Waals surface area contributed by atoms with Crippen molar-refractivity contribution in [1.29, 1.82) is 0 Å². The van der Waals surface area contributed by atoms with Crippen LogP contribution in [0.3, 0.4) is 0 Å². The molecule has 2 heterocycles. The normalized spacial score (nSPS) is 15.7. The van der Waals surface area contributed by atoms with E-state index in [4.69, 9.17) is 4.74 Å². The fraction of sp³-hybridized carbons (Fsp3) is 0.292. The van der Waals surface area contributed by atoms with E-state index in [0.717, 1.165) is 58.1 Å². The average Bonchev–Trinajstić information content (AvgIpc) is 3.06. The number of nitrogens with zero attached hydrogens (tertiary/aromatic N) is 3. The number of fused-ring (bicyclic) bond motifs is 4. The number of hydrogen-bond donors (Lipinski definition) is 1. The Morgan fingerprint density at radius 2 is 2.10 bits per heavy atom. The van der Waals surface area contributed by atoms with Gasteiger partial charge >= 0.3 is 5.97 Å². The zero-order chi connectivity index (χ0) is 21.4. The summed E-state index contributed by atoms with van der Waals surface area (Å²) in [6, 6.07) is 12.8. The van der Waals surface area contributed by atoms with Crippen LogP contribution < -0.4 is 5.32 Å². The Hall–Kier alpha value is -3.48. The van der Waals surface area contributed by atoms with Gasteiger partial charge in [-0.05, 0) is 62.1 Å². The summed E-state index contributed by atoms with van der Waals surface area (Å²) in [5, 5.41) is 5.41. The Morgan fingerprint density at radius 3 is 2.97 bits per heavy atom. The van der Waals surface area contributed by atoms with Gasteiger partial charge in [0, 0.05) is 28.0 Å². The minimum absolute atomic E-state index is 0.139. The van der Waals surface area contributed by atoms with Crippen molar-refractivity contribution in [1.82, 2.24) is 14.5 Å². The van der Waals surface area contributed by atoms with Gasteiger partial charge in [-0.3, -0.25) is 4.79 Å². The third-order valence-electron chi connectivity index (χ3n) is 5.91. The first kappa shape index (κ1) is 19.5. The molecule has 0 unspecified atom stereocenters. The van der Waals surface area contributed by atoms with Crippen LogP contribution in [-0.2, 0) is 28.9 Å². The molecule has 0 saturated heterocycles. The molecule has 2 aromatic carbocycles. The highest BCUT2D eigenvalue weighted by Gasteiger charge is 2.27. The number of aromatic nitrogens is 3. The van der Waals surface area contributed by atoms with Gasteiger partial charge in [0.1, 0.15) is 24.5 Å². The first-order chi connectivity index (χ1) is 15.1. The van der Waals surface area contributed by atoms with E-state index >= 15 is 0 Å². The zero-order valence-corrected chi connectivity index (χ0v) is 17.3. The Balaban J connectivity index is 1.49.